The Morgan fingerprint density at radius 2 is 1.96 bits per heavy atom. The molecule has 0 aliphatic heterocycles. The quantitative estimate of drug-likeness (QED) is 0.759. The first-order chi connectivity index (χ1) is 11.7. The summed E-state index contributed by atoms with van der Waals surface area (Å²) in [7, 11) is 0. The van der Waals surface area contributed by atoms with Crippen molar-refractivity contribution >= 4 is 11.6 Å². The van der Waals surface area contributed by atoms with Crippen LogP contribution < -0.4 is 10.1 Å². The standard InChI is InChI=1S/C19H20N4O/c1-4-24-17-11-15(16-8-6-10-20-14(16)3)12-21-19(17)23-18-9-5-7-13(2)22-18/h5-12H,4H2,1-3H3,(H,21,22,23). The second-order valence-electron chi connectivity index (χ2n) is 5.43. The molecule has 24 heavy (non-hydrogen) atoms. The molecule has 0 spiro atoms. The Labute approximate surface area is 141 Å². The van der Waals surface area contributed by atoms with Crippen LogP contribution in [0.2, 0.25) is 0 Å². The highest BCUT2D eigenvalue weighted by Gasteiger charge is 2.11. The summed E-state index contributed by atoms with van der Waals surface area (Å²) < 4.78 is 5.77. The minimum atomic E-state index is 0.563. The van der Waals surface area contributed by atoms with Crippen LogP contribution in [0.5, 0.6) is 5.75 Å². The van der Waals surface area contributed by atoms with Crippen molar-refractivity contribution in [1.29, 1.82) is 0 Å². The van der Waals surface area contributed by atoms with Gasteiger partial charge in [0.2, 0.25) is 0 Å². The Bertz CT molecular complexity index is 848. The Balaban J connectivity index is 1.97. The fraction of sp³-hybridized carbons (Fsp3) is 0.211. The number of nitrogens with one attached hydrogen (secondary N) is 1. The first-order valence-corrected chi connectivity index (χ1v) is 7.93. The molecule has 122 valence electrons. The lowest BCUT2D eigenvalue weighted by molar-refractivity contribution is 0.341. The third-order valence-corrected chi connectivity index (χ3v) is 3.61. The first-order valence-electron chi connectivity index (χ1n) is 7.93. The van der Waals surface area contributed by atoms with Crippen LogP contribution in [0, 0.1) is 13.8 Å². The van der Waals surface area contributed by atoms with Crippen molar-refractivity contribution in [2.45, 2.75) is 20.8 Å². The SMILES string of the molecule is CCOc1cc(-c2cccnc2C)cnc1Nc1cccc(C)n1. The monoisotopic (exact) mass is 320 g/mol. The van der Waals surface area contributed by atoms with E-state index in [0.717, 1.165) is 28.3 Å². The van der Waals surface area contributed by atoms with Crippen molar-refractivity contribution in [2.75, 3.05) is 11.9 Å². The Hall–Kier alpha value is -2.95. The predicted molar refractivity (Wildman–Crippen MR) is 95.6 cm³/mol. The highest BCUT2D eigenvalue weighted by molar-refractivity contribution is 5.70. The molecule has 0 saturated carbocycles. The van der Waals surface area contributed by atoms with E-state index in [1.54, 1.807) is 6.20 Å². The molecule has 3 aromatic rings. The van der Waals surface area contributed by atoms with Gasteiger partial charge in [-0.05, 0) is 45.0 Å². The smallest absolute Gasteiger partial charge is 0.174 e. The molecule has 3 heterocycles. The van der Waals surface area contributed by atoms with Gasteiger partial charge in [-0.2, -0.15) is 0 Å². The van der Waals surface area contributed by atoms with E-state index in [2.05, 4.69) is 20.3 Å². The number of nitrogens with zero attached hydrogens (tertiary/aromatic N) is 3. The van der Waals surface area contributed by atoms with Gasteiger partial charge in [-0.15, -0.1) is 0 Å². The Kier molecular flexibility index (Phi) is 4.70. The molecule has 0 aliphatic rings. The van der Waals surface area contributed by atoms with Crippen LogP contribution in [0.4, 0.5) is 11.6 Å². The molecule has 0 amide bonds. The van der Waals surface area contributed by atoms with Crippen molar-refractivity contribution in [2.24, 2.45) is 0 Å². The van der Waals surface area contributed by atoms with Crippen LogP contribution in [0.3, 0.4) is 0 Å². The largest absolute Gasteiger partial charge is 0.490 e. The van der Waals surface area contributed by atoms with Gasteiger partial charge in [-0.25, -0.2) is 9.97 Å². The lowest BCUT2D eigenvalue weighted by Gasteiger charge is -2.13. The van der Waals surface area contributed by atoms with Crippen molar-refractivity contribution in [3.8, 4) is 16.9 Å². The van der Waals surface area contributed by atoms with Gasteiger partial charge in [-0.3, -0.25) is 4.98 Å². The highest BCUT2D eigenvalue weighted by atomic mass is 16.5. The highest BCUT2D eigenvalue weighted by Crippen LogP contribution is 2.31. The van der Waals surface area contributed by atoms with Gasteiger partial charge in [0.1, 0.15) is 5.82 Å². The minimum Gasteiger partial charge on any atom is -0.490 e. The molecule has 5 nitrogen and oxygen atoms in total. The lowest BCUT2D eigenvalue weighted by atomic mass is 10.1. The van der Waals surface area contributed by atoms with Crippen LogP contribution in [0.1, 0.15) is 18.3 Å². The third kappa shape index (κ3) is 3.51. The van der Waals surface area contributed by atoms with Gasteiger partial charge in [0, 0.05) is 34.9 Å². The molecular formula is C19H20N4O. The summed E-state index contributed by atoms with van der Waals surface area (Å²) in [5.41, 5.74) is 3.93. The van der Waals surface area contributed by atoms with Gasteiger partial charge < -0.3 is 10.1 Å². The fourth-order valence-electron chi connectivity index (χ4n) is 2.47. The second kappa shape index (κ2) is 7.08. The number of hydrogen-bond donors (Lipinski definition) is 1. The van der Waals surface area contributed by atoms with Gasteiger partial charge in [0.05, 0.1) is 6.61 Å². The lowest BCUT2D eigenvalue weighted by Crippen LogP contribution is -2.02. The van der Waals surface area contributed by atoms with Gasteiger partial charge >= 0.3 is 0 Å². The Morgan fingerprint density at radius 3 is 2.71 bits per heavy atom. The number of ether oxygens (including phenoxy) is 1. The molecule has 0 saturated heterocycles. The average Bonchev–Trinajstić information content (AvgIpc) is 2.57. The number of anilines is 2. The van der Waals surface area contributed by atoms with Crippen molar-refractivity contribution < 1.29 is 4.74 Å². The van der Waals surface area contributed by atoms with E-state index in [1.165, 1.54) is 0 Å². The minimum absolute atomic E-state index is 0.563. The summed E-state index contributed by atoms with van der Waals surface area (Å²) in [6.45, 7) is 6.46. The van der Waals surface area contributed by atoms with E-state index >= 15 is 0 Å². The van der Waals surface area contributed by atoms with Gasteiger partial charge in [0.15, 0.2) is 11.6 Å². The first kappa shape index (κ1) is 15.9. The summed E-state index contributed by atoms with van der Waals surface area (Å²) in [5, 5.41) is 3.23. The molecule has 0 radical (unpaired) electrons. The molecule has 3 aromatic heterocycles. The maximum atomic E-state index is 5.77. The number of rotatable bonds is 5. The normalized spacial score (nSPS) is 10.5. The topological polar surface area (TPSA) is 59.9 Å². The van der Waals surface area contributed by atoms with Crippen LogP contribution in [0.25, 0.3) is 11.1 Å². The molecule has 0 bridgehead atoms. The maximum absolute atomic E-state index is 5.77. The van der Waals surface area contributed by atoms with Crippen LogP contribution in [-0.2, 0) is 0 Å². The second-order valence-corrected chi connectivity index (χ2v) is 5.43. The van der Waals surface area contributed by atoms with Gasteiger partial charge in [0.25, 0.3) is 0 Å². The van der Waals surface area contributed by atoms with E-state index in [1.807, 2.05) is 63.4 Å². The third-order valence-electron chi connectivity index (χ3n) is 3.61. The van der Waals surface area contributed by atoms with Crippen LogP contribution in [0.15, 0.2) is 48.8 Å². The zero-order valence-corrected chi connectivity index (χ0v) is 14.1. The molecule has 0 fully saturated rings. The van der Waals surface area contributed by atoms with Crippen molar-refractivity contribution in [3.63, 3.8) is 0 Å². The van der Waals surface area contributed by atoms with E-state index in [9.17, 15) is 0 Å². The number of aryl methyl sites for hydroxylation is 2. The summed E-state index contributed by atoms with van der Waals surface area (Å²) in [6.07, 6.45) is 3.61. The predicted octanol–water partition coefficient (Wildman–Crippen LogP) is 4.30. The van der Waals surface area contributed by atoms with E-state index < -0.39 is 0 Å². The molecule has 3 rings (SSSR count). The number of hydrogen-bond acceptors (Lipinski definition) is 5. The van der Waals surface area contributed by atoms with E-state index in [-0.39, 0.29) is 0 Å². The molecular weight excluding hydrogens is 300 g/mol. The van der Waals surface area contributed by atoms with E-state index in [4.69, 9.17) is 4.74 Å². The van der Waals surface area contributed by atoms with Crippen molar-refractivity contribution in [1.82, 2.24) is 15.0 Å². The van der Waals surface area contributed by atoms with Gasteiger partial charge in [-0.1, -0.05) is 12.1 Å². The summed E-state index contributed by atoms with van der Waals surface area (Å²) in [5.74, 6) is 2.09. The summed E-state index contributed by atoms with van der Waals surface area (Å²) >= 11 is 0. The molecule has 0 aromatic carbocycles. The van der Waals surface area contributed by atoms with Crippen LogP contribution >= 0.6 is 0 Å². The average molecular weight is 320 g/mol. The molecule has 1 N–H and O–H groups in total. The zero-order chi connectivity index (χ0) is 16.9. The number of aromatic nitrogens is 3. The summed E-state index contributed by atoms with van der Waals surface area (Å²) in [4.78, 5) is 13.3. The zero-order valence-electron chi connectivity index (χ0n) is 14.1. The maximum Gasteiger partial charge on any atom is 0.174 e. The van der Waals surface area contributed by atoms with Crippen molar-refractivity contribution in [3.05, 3.63) is 60.2 Å². The molecule has 0 aliphatic carbocycles. The number of pyridine rings is 3. The Morgan fingerprint density at radius 1 is 1.08 bits per heavy atom. The molecule has 0 atom stereocenters. The van der Waals surface area contributed by atoms with Crippen LogP contribution in [-0.4, -0.2) is 21.6 Å². The fourth-order valence-corrected chi connectivity index (χ4v) is 2.47. The summed E-state index contributed by atoms with van der Waals surface area (Å²) in [6, 6.07) is 11.8. The molecule has 0 unspecified atom stereocenters. The molecule has 5 heteroatoms. The van der Waals surface area contributed by atoms with E-state index in [0.29, 0.717) is 18.2 Å².